The Morgan fingerprint density at radius 3 is 2.24 bits per heavy atom. The number of halogens is 7. The summed E-state index contributed by atoms with van der Waals surface area (Å²) in [6.45, 7) is 1.18. The first-order valence-electron chi connectivity index (χ1n) is 11.2. The van der Waals surface area contributed by atoms with Gasteiger partial charge >= 0.3 is 12.4 Å². The Kier molecular flexibility index (Phi) is 6.26. The molecule has 1 fully saturated rings. The van der Waals surface area contributed by atoms with Crippen LogP contribution in [-0.4, -0.2) is 44.1 Å². The number of likely N-dealkylation sites (tertiary alicyclic amines) is 1. The molecule has 1 atom stereocenters. The second-order valence-corrected chi connectivity index (χ2v) is 8.68. The van der Waals surface area contributed by atoms with Crippen LogP contribution in [0.25, 0.3) is 5.65 Å². The zero-order valence-electron chi connectivity index (χ0n) is 18.9. The quantitative estimate of drug-likeness (QED) is 0.335. The zero-order valence-corrected chi connectivity index (χ0v) is 18.9. The number of rotatable bonds is 6. The maximum atomic E-state index is 13.6. The van der Waals surface area contributed by atoms with Gasteiger partial charge in [0.15, 0.2) is 17.0 Å². The van der Waals surface area contributed by atoms with Crippen molar-refractivity contribution in [3.8, 4) is 0 Å². The van der Waals surface area contributed by atoms with E-state index in [0.29, 0.717) is 35.3 Å². The van der Waals surface area contributed by atoms with Gasteiger partial charge < -0.3 is 5.32 Å². The average Bonchev–Trinajstić information content (AvgIpc) is 3.26. The first-order valence-corrected chi connectivity index (χ1v) is 11.2. The van der Waals surface area contributed by atoms with Crippen molar-refractivity contribution in [2.45, 2.75) is 24.3 Å². The number of nitrogens with one attached hydrogen (secondary N) is 1. The minimum absolute atomic E-state index is 0.0121. The fraction of sp³-hybridized carbons (Fsp3) is 0.292. The molecule has 0 aliphatic carbocycles. The second kappa shape index (κ2) is 9.29. The number of aromatic nitrogens is 4. The van der Waals surface area contributed by atoms with Gasteiger partial charge in [-0.1, -0.05) is 18.2 Å². The van der Waals surface area contributed by atoms with E-state index < -0.39 is 41.2 Å². The lowest BCUT2D eigenvalue weighted by Gasteiger charge is -2.44. The van der Waals surface area contributed by atoms with E-state index in [0.717, 1.165) is 5.69 Å². The molecule has 0 radical (unpaired) electrons. The van der Waals surface area contributed by atoms with Gasteiger partial charge in [-0.05, 0) is 29.8 Å². The summed E-state index contributed by atoms with van der Waals surface area (Å²) < 4.78 is 94.2. The van der Waals surface area contributed by atoms with E-state index in [1.54, 1.807) is 24.4 Å². The van der Waals surface area contributed by atoms with Crippen LogP contribution in [0.5, 0.6) is 0 Å². The minimum Gasteiger partial charge on any atom is -0.368 e. The minimum atomic E-state index is -4.88. The molecule has 13 heteroatoms. The number of hydrogen-bond acceptors (Lipinski definition) is 5. The van der Waals surface area contributed by atoms with Gasteiger partial charge in [-0.15, -0.1) is 0 Å². The average molecular weight is 524 g/mol. The standard InChI is InChI=1S/C24H19F7N6/c25-16-6-4-14(5-7-16)18(36-12-15(13-36)17-3-1-2-8-32-17)11-33-21-9-19(23(26,27)28)34-22-10-20(24(29,30)31)35-37(21)22/h1-10,15,18,33H,11-13H2/t18-/m0/s1. The molecule has 0 saturated carbocycles. The van der Waals surface area contributed by atoms with Gasteiger partial charge in [-0.25, -0.2) is 9.37 Å². The highest BCUT2D eigenvalue weighted by atomic mass is 19.4. The lowest BCUT2D eigenvalue weighted by molar-refractivity contribution is -0.142. The first-order chi connectivity index (χ1) is 17.5. The molecule has 5 rings (SSSR count). The number of anilines is 1. The van der Waals surface area contributed by atoms with Crippen molar-refractivity contribution < 1.29 is 30.7 Å². The van der Waals surface area contributed by atoms with Crippen LogP contribution >= 0.6 is 0 Å². The summed E-state index contributed by atoms with van der Waals surface area (Å²) in [6, 6.07) is 11.9. The number of hydrogen-bond donors (Lipinski definition) is 1. The van der Waals surface area contributed by atoms with Gasteiger partial charge in [-0.2, -0.15) is 36.0 Å². The molecule has 0 bridgehead atoms. The predicted molar refractivity (Wildman–Crippen MR) is 119 cm³/mol. The van der Waals surface area contributed by atoms with E-state index in [-0.39, 0.29) is 18.3 Å². The number of fused-ring (bicyclic) bond motifs is 1. The summed E-state index contributed by atoms with van der Waals surface area (Å²) in [5.74, 6) is -0.622. The molecule has 0 spiro atoms. The lowest BCUT2D eigenvalue weighted by Crippen LogP contribution is -2.49. The van der Waals surface area contributed by atoms with Gasteiger partial charge in [0.05, 0.1) is 6.04 Å². The van der Waals surface area contributed by atoms with E-state index in [1.807, 2.05) is 17.0 Å². The van der Waals surface area contributed by atoms with Crippen molar-refractivity contribution in [1.82, 2.24) is 24.5 Å². The molecule has 4 aromatic rings. The molecule has 4 heterocycles. The molecular formula is C24H19F7N6. The van der Waals surface area contributed by atoms with Crippen LogP contribution in [-0.2, 0) is 12.4 Å². The molecule has 37 heavy (non-hydrogen) atoms. The van der Waals surface area contributed by atoms with Gasteiger partial charge in [0.1, 0.15) is 11.6 Å². The SMILES string of the molecule is Fc1ccc([C@H](CNc2cc(C(F)(F)F)nc3cc(C(F)(F)F)nn23)N2CC(c3ccccn3)C2)cc1. The number of alkyl halides is 6. The Bertz CT molecular complexity index is 1380. The Morgan fingerprint density at radius 1 is 0.919 bits per heavy atom. The summed E-state index contributed by atoms with van der Waals surface area (Å²) in [5, 5.41) is 6.25. The monoisotopic (exact) mass is 524 g/mol. The van der Waals surface area contributed by atoms with Crippen molar-refractivity contribution in [3.05, 3.63) is 89.3 Å². The molecule has 194 valence electrons. The largest absolute Gasteiger partial charge is 0.435 e. The summed E-state index contributed by atoms with van der Waals surface area (Å²) in [5.41, 5.74) is -1.73. The fourth-order valence-corrected chi connectivity index (χ4v) is 4.30. The molecule has 1 aliphatic rings. The maximum absolute atomic E-state index is 13.6. The smallest absolute Gasteiger partial charge is 0.368 e. The maximum Gasteiger partial charge on any atom is 0.435 e. The predicted octanol–water partition coefficient (Wildman–Crippen LogP) is 5.55. The lowest BCUT2D eigenvalue weighted by atomic mass is 9.91. The highest BCUT2D eigenvalue weighted by molar-refractivity contribution is 5.51. The van der Waals surface area contributed by atoms with Gasteiger partial charge in [-0.3, -0.25) is 9.88 Å². The molecule has 3 aromatic heterocycles. The van der Waals surface area contributed by atoms with Crippen LogP contribution in [0.3, 0.4) is 0 Å². The van der Waals surface area contributed by atoms with Crippen molar-refractivity contribution in [3.63, 3.8) is 0 Å². The summed E-state index contributed by atoms with van der Waals surface area (Å²) in [7, 11) is 0. The molecule has 1 N–H and O–H groups in total. The molecular weight excluding hydrogens is 505 g/mol. The molecule has 1 aliphatic heterocycles. The topological polar surface area (TPSA) is 58.4 Å². The third kappa shape index (κ3) is 5.22. The molecule has 0 unspecified atom stereocenters. The Morgan fingerprint density at radius 2 is 1.62 bits per heavy atom. The number of nitrogens with zero attached hydrogens (tertiary/aromatic N) is 5. The third-order valence-electron chi connectivity index (χ3n) is 6.20. The summed E-state index contributed by atoms with van der Waals surface area (Å²) in [4.78, 5) is 9.71. The van der Waals surface area contributed by atoms with Crippen molar-refractivity contribution in [1.29, 1.82) is 0 Å². The van der Waals surface area contributed by atoms with E-state index in [4.69, 9.17) is 0 Å². The van der Waals surface area contributed by atoms with E-state index in [1.165, 1.54) is 12.1 Å². The fourth-order valence-electron chi connectivity index (χ4n) is 4.30. The second-order valence-electron chi connectivity index (χ2n) is 8.68. The van der Waals surface area contributed by atoms with Crippen LogP contribution in [0, 0.1) is 5.82 Å². The van der Waals surface area contributed by atoms with E-state index in [9.17, 15) is 30.7 Å². The molecule has 0 amide bonds. The van der Waals surface area contributed by atoms with E-state index in [2.05, 4.69) is 20.4 Å². The van der Waals surface area contributed by atoms with Gasteiger partial charge in [0.25, 0.3) is 0 Å². The van der Waals surface area contributed by atoms with Gasteiger partial charge in [0.2, 0.25) is 0 Å². The van der Waals surface area contributed by atoms with E-state index >= 15 is 0 Å². The summed E-state index contributed by atoms with van der Waals surface area (Å²) >= 11 is 0. The summed E-state index contributed by atoms with van der Waals surface area (Å²) in [6.07, 6.45) is -8.06. The van der Waals surface area contributed by atoms with Gasteiger partial charge in [0, 0.05) is 49.6 Å². The Labute approximate surface area is 205 Å². The molecule has 1 saturated heterocycles. The van der Waals surface area contributed by atoms with Crippen molar-refractivity contribution >= 4 is 11.5 Å². The highest BCUT2D eigenvalue weighted by Gasteiger charge is 2.38. The Hall–Kier alpha value is -3.74. The van der Waals surface area contributed by atoms with Crippen LogP contribution < -0.4 is 5.32 Å². The number of benzene rings is 1. The van der Waals surface area contributed by atoms with Crippen LogP contribution in [0.15, 0.2) is 60.8 Å². The Balaban J connectivity index is 1.45. The van der Waals surface area contributed by atoms with Crippen LogP contribution in [0.2, 0.25) is 0 Å². The van der Waals surface area contributed by atoms with Crippen molar-refractivity contribution in [2.75, 3.05) is 25.0 Å². The van der Waals surface area contributed by atoms with Crippen LogP contribution in [0.4, 0.5) is 36.6 Å². The van der Waals surface area contributed by atoms with Crippen molar-refractivity contribution in [2.24, 2.45) is 0 Å². The molecule has 6 nitrogen and oxygen atoms in total. The zero-order chi connectivity index (χ0) is 26.4. The molecule has 1 aromatic carbocycles. The highest BCUT2D eigenvalue weighted by Crippen LogP contribution is 2.36. The van der Waals surface area contributed by atoms with Crippen LogP contribution in [0.1, 0.15) is 34.6 Å². The normalized spacial score (nSPS) is 16.1. The number of pyridine rings is 1. The first kappa shape index (κ1) is 24.9. The third-order valence-corrected chi connectivity index (χ3v) is 6.20.